The number of aryl methyl sites for hydroxylation is 1. The van der Waals surface area contributed by atoms with Gasteiger partial charge in [-0.25, -0.2) is 4.98 Å². The van der Waals surface area contributed by atoms with Gasteiger partial charge in [0.05, 0.1) is 5.75 Å². The minimum absolute atomic E-state index is 0.0233. The molecule has 0 aliphatic carbocycles. The molecule has 1 heterocycles. The molecule has 1 aromatic heterocycles. The zero-order chi connectivity index (χ0) is 12.1. The lowest BCUT2D eigenvalue weighted by molar-refractivity contribution is 0.749. The van der Waals surface area contributed by atoms with Crippen LogP contribution in [0.1, 0.15) is 37.9 Å². The topological polar surface area (TPSA) is 45.8 Å². The third kappa shape index (κ3) is 3.67. The number of aromatic nitrogens is 2. The van der Waals surface area contributed by atoms with Crippen LogP contribution < -0.4 is 5.56 Å². The van der Waals surface area contributed by atoms with Gasteiger partial charge in [0, 0.05) is 11.3 Å². The van der Waals surface area contributed by atoms with Gasteiger partial charge in [0.15, 0.2) is 0 Å². The van der Waals surface area contributed by atoms with E-state index in [0.717, 1.165) is 35.0 Å². The predicted octanol–water partition coefficient (Wildman–Crippen LogP) is 2.53. The van der Waals surface area contributed by atoms with Crippen molar-refractivity contribution in [3.8, 4) is 0 Å². The molecule has 0 bridgehead atoms. The molecule has 0 amide bonds. The van der Waals surface area contributed by atoms with Crippen molar-refractivity contribution in [2.45, 2.75) is 39.9 Å². The molecule has 0 fully saturated rings. The number of nitrogens with one attached hydrogen (secondary N) is 1. The fraction of sp³-hybridized carbons (Fsp3) is 0.667. The van der Waals surface area contributed by atoms with Gasteiger partial charge in [-0.15, -0.1) is 0 Å². The zero-order valence-electron chi connectivity index (χ0n) is 10.5. The third-order valence-corrected chi connectivity index (χ3v) is 3.69. The Labute approximate surface area is 101 Å². The molecule has 0 spiro atoms. The molecule has 0 atom stereocenters. The lowest BCUT2D eigenvalue weighted by Crippen LogP contribution is -2.18. The lowest BCUT2D eigenvalue weighted by Gasteiger charge is -2.06. The second-order valence-electron chi connectivity index (χ2n) is 4.34. The van der Waals surface area contributed by atoms with E-state index in [1.165, 1.54) is 0 Å². The highest BCUT2D eigenvalue weighted by Gasteiger charge is 2.06. The van der Waals surface area contributed by atoms with Crippen molar-refractivity contribution < 1.29 is 0 Å². The van der Waals surface area contributed by atoms with Gasteiger partial charge in [-0.2, -0.15) is 11.8 Å². The number of hydrogen-bond acceptors (Lipinski definition) is 3. The van der Waals surface area contributed by atoms with Gasteiger partial charge in [-0.1, -0.05) is 20.8 Å². The summed E-state index contributed by atoms with van der Waals surface area (Å²) in [6.45, 7) is 8.26. The van der Waals surface area contributed by atoms with Crippen molar-refractivity contribution in [1.82, 2.24) is 9.97 Å². The summed E-state index contributed by atoms with van der Waals surface area (Å²) < 4.78 is 0. The summed E-state index contributed by atoms with van der Waals surface area (Å²) in [4.78, 5) is 19.0. The van der Waals surface area contributed by atoms with Crippen LogP contribution in [0.25, 0.3) is 0 Å². The highest BCUT2D eigenvalue weighted by Crippen LogP contribution is 2.12. The molecule has 1 N–H and O–H groups in total. The molecule has 1 aromatic rings. The van der Waals surface area contributed by atoms with Gasteiger partial charge in [-0.05, 0) is 25.0 Å². The molecular formula is C12H20N2OS. The molecule has 3 nitrogen and oxygen atoms in total. The van der Waals surface area contributed by atoms with Crippen molar-refractivity contribution in [1.29, 1.82) is 0 Å². The van der Waals surface area contributed by atoms with Crippen LogP contribution in [-0.2, 0) is 12.2 Å². The number of hydrogen-bond donors (Lipinski definition) is 1. The van der Waals surface area contributed by atoms with Crippen LogP contribution in [0.2, 0.25) is 0 Å². The normalized spacial score (nSPS) is 11.1. The molecule has 16 heavy (non-hydrogen) atoms. The lowest BCUT2D eigenvalue weighted by atomic mass is 10.2. The highest BCUT2D eigenvalue weighted by atomic mass is 32.2. The fourth-order valence-electron chi connectivity index (χ4n) is 1.54. The second kappa shape index (κ2) is 6.09. The Morgan fingerprint density at radius 1 is 1.44 bits per heavy atom. The van der Waals surface area contributed by atoms with Crippen molar-refractivity contribution in [3.05, 3.63) is 27.4 Å². The second-order valence-corrected chi connectivity index (χ2v) is 5.37. The van der Waals surface area contributed by atoms with E-state index < -0.39 is 0 Å². The Hall–Kier alpha value is -0.770. The van der Waals surface area contributed by atoms with E-state index in [1.54, 1.807) is 0 Å². The van der Waals surface area contributed by atoms with Crippen LogP contribution in [0, 0.1) is 12.8 Å². The Morgan fingerprint density at radius 3 is 2.62 bits per heavy atom. The Balaban J connectivity index is 2.72. The average molecular weight is 240 g/mol. The van der Waals surface area contributed by atoms with Gasteiger partial charge in [0.25, 0.3) is 5.56 Å². The molecule has 0 radical (unpaired) electrons. The monoisotopic (exact) mass is 240 g/mol. The highest BCUT2D eigenvalue weighted by molar-refractivity contribution is 7.98. The summed E-state index contributed by atoms with van der Waals surface area (Å²) in [5, 5.41) is 0. The van der Waals surface area contributed by atoms with Crippen LogP contribution in [0.15, 0.2) is 4.79 Å². The Kier molecular flexibility index (Phi) is 5.06. The van der Waals surface area contributed by atoms with Crippen LogP contribution in [0.4, 0.5) is 0 Å². The number of nitrogens with zero attached hydrogens (tertiary/aromatic N) is 1. The van der Waals surface area contributed by atoms with E-state index in [2.05, 4.69) is 23.8 Å². The fourth-order valence-corrected chi connectivity index (χ4v) is 2.46. The summed E-state index contributed by atoms with van der Waals surface area (Å²) in [6, 6.07) is 0. The standard InChI is InChI=1S/C12H20N2OS/c1-5-10-9(4)13-11(14-12(10)15)7-16-6-8(2)3/h8H,5-7H2,1-4H3,(H,13,14,15). The predicted molar refractivity (Wildman–Crippen MR) is 70.0 cm³/mol. The van der Waals surface area contributed by atoms with Gasteiger partial charge in [0.2, 0.25) is 0 Å². The molecule has 1 rings (SSSR count). The number of aromatic amines is 1. The quantitative estimate of drug-likeness (QED) is 0.860. The first-order valence-electron chi connectivity index (χ1n) is 5.71. The molecule has 0 aliphatic heterocycles. The van der Waals surface area contributed by atoms with E-state index in [9.17, 15) is 4.79 Å². The van der Waals surface area contributed by atoms with E-state index >= 15 is 0 Å². The van der Waals surface area contributed by atoms with E-state index in [1.807, 2.05) is 25.6 Å². The first-order chi connectivity index (χ1) is 7.54. The Morgan fingerprint density at radius 2 is 2.12 bits per heavy atom. The maximum absolute atomic E-state index is 11.7. The zero-order valence-corrected chi connectivity index (χ0v) is 11.3. The maximum Gasteiger partial charge on any atom is 0.254 e. The van der Waals surface area contributed by atoms with E-state index in [0.29, 0.717) is 5.92 Å². The molecular weight excluding hydrogens is 220 g/mol. The molecule has 90 valence electrons. The molecule has 0 saturated heterocycles. The van der Waals surface area contributed by atoms with Crippen molar-refractivity contribution in [3.63, 3.8) is 0 Å². The molecule has 4 heteroatoms. The third-order valence-electron chi connectivity index (χ3n) is 2.31. The largest absolute Gasteiger partial charge is 0.310 e. The van der Waals surface area contributed by atoms with Gasteiger partial charge in [0.1, 0.15) is 5.82 Å². The summed E-state index contributed by atoms with van der Waals surface area (Å²) in [6.07, 6.45) is 0.744. The minimum Gasteiger partial charge on any atom is -0.310 e. The van der Waals surface area contributed by atoms with Crippen LogP contribution in [0.3, 0.4) is 0 Å². The number of thioether (sulfide) groups is 1. The minimum atomic E-state index is 0.0233. The molecule has 0 aromatic carbocycles. The number of rotatable bonds is 5. The van der Waals surface area contributed by atoms with Crippen LogP contribution >= 0.6 is 11.8 Å². The first-order valence-corrected chi connectivity index (χ1v) is 6.86. The number of H-pyrrole nitrogens is 1. The Bertz CT molecular complexity index is 398. The van der Waals surface area contributed by atoms with Crippen LogP contribution in [-0.4, -0.2) is 15.7 Å². The smallest absolute Gasteiger partial charge is 0.254 e. The van der Waals surface area contributed by atoms with Crippen molar-refractivity contribution in [2.24, 2.45) is 5.92 Å². The van der Waals surface area contributed by atoms with E-state index in [4.69, 9.17) is 0 Å². The maximum atomic E-state index is 11.7. The van der Waals surface area contributed by atoms with Crippen molar-refractivity contribution in [2.75, 3.05) is 5.75 Å². The molecule has 0 aliphatic rings. The van der Waals surface area contributed by atoms with Crippen LogP contribution in [0.5, 0.6) is 0 Å². The summed E-state index contributed by atoms with van der Waals surface area (Å²) in [5.41, 5.74) is 1.69. The SMILES string of the molecule is CCc1c(C)nc(CSCC(C)C)[nH]c1=O. The van der Waals surface area contributed by atoms with Gasteiger partial charge >= 0.3 is 0 Å². The van der Waals surface area contributed by atoms with Crippen molar-refractivity contribution >= 4 is 11.8 Å². The summed E-state index contributed by atoms with van der Waals surface area (Å²) in [5.74, 6) is 3.36. The molecule has 0 saturated carbocycles. The molecule has 0 unspecified atom stereocenters. The van der Waals surface area contributed by atoms with E-state index in [-0.39, 0.29) is 5.56 Å². The summed E-state index contributed by atoms with van der Waals surface area (Å²) in [7, 11) is 0. The first kappa shape index (κ1) is 13.3. The van der Waals surface area contributed by atoms with Gasteiger partial charge < -0.3 is 4.98 Å². The summed E-state index contributed by atoms with van der Waals surface area (Å²) >= 11 is 1.81. The van der Waals surface area contributed by atoms with Gasteiger partial charge in [-0.3, -0.25) is 4.79 Å². The average Bonchev–Trinajstić information content (AvgIpc) is 2.16.